The molecule has 1 aromatic rings. The highest BCUT2D eigenvalue weighted by atomic mass is 16.5. The Kier molecular flexibility index (Phi) is 5.75. The number of rotatable bonds is 5. The van der Waals surface area contributed by atoms with Crippen LogP contribution >= 0.6 is 0 Å². The zero-order valence-corrected chi connectivity index (χ0v) is 15.0. The number of hydrogen-bond donors (Lipinski definition) is 2. The van der Waals surface area contributed by atoms with E-state index in [1.165, 1.54) is 0 Å². The van der Waals surface area contributed by atoms with Gasteiger partial charge in [0.05, 0.1) is 12.5 Å². The molecule has 1 saturated carbocycles. The average molecular weight is 359 g/mol. The number of carbonyl (C=O) groups is 3. The van der Waals surface area contributed by atoms with Gasteiger partial charge in [-0.1, -0.05) is 12.8 Å². The van der Waals surface area contributed by atoms with Crippen LogP contribution in [-0.2, 0) is 9.59 Å². The smallest absolute Gasteiger partial charge is 0.269 e. The molecule has 1 atom stereocenters. The lowest BCUT2D eigenvalue weighted by Gasteiger charge is -2.23. The standard InChI is InChI=1S/C19H25N3O4/c1-2-26-16-9-7-13(8-10-16)18(24)20-21-19(25)14-11-17(23)22(12-14)15-5-3-4-6-15/h7-10,14-15H,2-6,11-12H2,1H3,(H,20,24)(H,21,25). The summed E-state index contributed by atoms with van der Waals surface area (Å²) in [5.41, 5.74) is 5.28. The second-order valence-corrected chi connectivity index (χ2v) is 6.79. The Balaban J connectivity index is 1.49. The molecule has 7 nitrogen and oxygen atoms in total. The SMILES string of the molecule is CCOc1ccc(C(=O)NNC(=O)C2CC(=O)N(C3CCCC3)C2)cc1. The number of nitrogens with zero attached hydrogens (tertiary/aromatic N) is 1. The summed E-state index contributed by atoms with van der Waals surface area (Å²) < 4.78 is 5.33. The third kappa shape index (κ3) is 4.15. The maximum atomic E-state index is 12.3. The van der Waals surface area contributed by atoms with E-state index in [-0.39, 0.29) is 24.3 Å². The minimum Gasteiger partial charge on any atom is -0.494 e. The quantitative estimate of drug-likeness (QED) is 0.783. The van der Waals surface area contributed by atoms with Crippen LogP contribution in [0.3, 0.4) is 0 Å². The number of likely N-dealkylation sites (tertiary alicyclic amines) is 1. The molecule has 1 aliphatic carbocycles. The van der Waals surface area contributed by atoms with Crippen LogP contribution in [0.5, 0.6) is 5.75 Å². The Hall–Kier alpha value is -2.57. The number of amides is 3. The summed E-state index contributed by atoms with van der Waals surface area (Å²) in [5.74, 6) is -0.417. The van der Waals surface area contributed by atoms with E-state index in [0.717, 1.165) is 25.7 Å². The lowest BCUT2D eigenvalue weighted by molar-refractivity contribution is -0.130. The number of hydrogen-bond acceptors (Lipinski definition) is 4. The summed E-state index contributed by atoms with van der Waals surface area (Å²) in [6.45, 7) is 2.88. The molecule has 1 unspecified atom stereocenters. The predicted molar refractivity (Wildman–Crippen MR) is 95.3 cm³/mol. The van der Waals surface area contributed by atoms with Crippen molar-refractivity contribution < 1.29 is 19.1 Å². The van der Waals surface area contributed by atoms with Crippen molar-refractivity contribution in [2.24, 2.45) is 5.92 Å². The molecule has 1 saturated heterocycles. The molecule has 2 N–H and O–H groups in total. The largest absolute Gasteiger partial charge is 0.494 e. The van der Waals surface area contributed by atoms with Gasteiger partial charge in [0.2, 0.25) is 11.8 Å². The van der Waals surface area contributed by atoms with Crippen LogP contribution in [0, 0.1) is 5.92 Å². The van der Waals surface area contributed by atoms with Crippen LogP contribution in [-0.4, -0.2) is 41.8 Å². The third-order valence-electron chi connectivity index (χ3n) is 5.02. The fourth-order valence-corrected chi connectivity index (χ4v) is 3.64. The van der Waals surface area contributed by atoms with Gasteiger partial charge in [-0.15, -0.1) is 0 Å². The van der Waals surface area contributed by atoms with Gasteiger partial charge in [0.1, 0.15) is 5.75 Å². The average Bonchev–Trinajstić information content (AvgIpc) is 3.29. The molecule has 140 valence electrons. The number of benzene rings is 1. The van der Waals surface area contributed by atoms with Crippen molar-refractivity contribution in [3.8, 4) is 5.75 Å². The van der Waals surface area contributed by atoms with Crippen LogP contribution in [0.25, 0.3) is 0 Å². The highest BCUT2D eigenvalue weighted by Gasteiger charge is 2.38. The fourth-order valence-electron chi connectivity index (χ4n) is 3.64. The van der Waals surface area contributed by atoms with E-state index in [0.29, 0.717) is 24.5 Å². The van der Waals surface area contributed by atoms with Gasteiger partial charge in [-0.25, -0.2) is 0 Å². The number of ether oxygens (including phenoxy) is 1. The fraction of sp³-hybridized carbons (Fsp3) is 0.526. The first-order valence-corrected chi connectivity index (χ1v) is 9.21. The summed E-state index contributed by atoms with van der Waals surface area (Å²) in [5, 5.41) is 0. The van der Waals surface area contributed by atoms with Crippen molar-refractivity contribution in [3.63, 3.8) is 0 Å². The number of carbonyl (C=O) groups excluding carboxylic acids is 3. The number of hydrazine groups is 1. The molecule has 0 aromatic heterocycles. The summed E-state index contributed by atoms with van der Waals surface area (Å²) in [4.78, 5) is 38.4. The van der Waals surface area contributed by atoms with Crippen molar-refractivity contribution >= 4 is 17.7 Å². The summed E-state index contributed by atoms with van der Waals surface area (Å²) in [6.07, 6.45) is 4.54. The molecular formula is C19H25N3O4. The summed E-state index contributed by atoms with van der Waals surface area (Å²) in [7, 11) is 0. The molecule has 7 heteroatoms. The van der Waals surface area contributed by atoms with Gasteiger partial charge in [0, 0.05) is 24.6 Å². The lowest BCUT2D eigenvalue weighted by Crippen LogP contribution is -2.45. The van der Waals surface area contributed by atoms with Gasteiger partial charge in [-0.2, -0.15) is 0 Å². The van der Waals surface area contributed by atoms with E-state index >= 15 is 0 Å². The van der Waals surface area contributed by atoms with E-state index in [4.69, 9.17) is 4.74 Å². The Bertz CT molecular complexity index is 668. The first kappa shape index (κ1) is 18.2. The molecule has 1 aromatic carbocycles. The third-order valence-corrected chi connectivity index (χ3v) is 5.02. The molecule has 1 aliphatic heterocycles. The van der Waals surface area contributed by atoms with Gasteiger partial charge >= 0.3 is 0 Å². The van der Waals surface area contributed by atoms with E-state index in [2.05, 4.69) is 10.9 Å². The molecule has 3 amide bonds. The zero-order chi connectivity index (χ0) is 18.5. The van der Waals surface area contributed by atoms with E-state index in [1.54, 1.807) is 24.3 Å². The van der Waals surface area contributed by atoms with Gasteiger partial charge in [0.15, 0.2) is 0 Å². The monoisotopic (exact) mass is 359 g/mol. The molecule has 2 aliphatic rings. The Morgan fingerprint density at radius 3 is 2.50 bits per heavy atom. The van der Waals surface area contributed by atoms with E-state index in [9.17, 15) is 14.4 Å². The predicted octanol–water partition coefficient (Wildman–Crippen LogP) is 1.64. The summed E-state index contributed by atoms with van der Waals surface area (Å²) in [6, 6.07) is 6.95. The van der Waals surface area contributed by atoms with Crippen LogP contribution < -0.4 is 15.6 Å². The van der Waals surface area contributed by atoms with E-state index < -0.39 is 11.8 Å². The van der Waals surface area contributed by atoms with Crippen molar-refractivity contribution in [1.82, 2.24) is 15.8 Å². The second-order valence-electron chi connectivity index (χ2n) is 6.79. The molecule has 0 radical (unpaired) electrons. The second kappa shape index (κ2) is 8.21. The van der Waals surface area contributed by atoms with Gasteiger partial charge in [-0.05, 0) is 44.0 Å². The maximum absolute atomic E-state index is 12.3. The summed E-state index contributed by atoms with van der Waals surface area (Å²) >= 11 is 0. The Morgan fingerprint density at radius 2 is 1.85 bits per heavy atom. The lowest BCUT2D eigenvalue weighted by atomic mass is 10.1. The molecule has 0 bridgehead atoms. The normalized spacial score (nSPS) is 20.3. The van der Waals surface area contributed by atoms with Crippen LogP contribution in [0.4, 0.5) is 0 Å². The molecule has 26 heavy (non-hydrogen) atoms. The number of nitrogens with one attached hydrogen (secondary N) is 2. The van der Waals surface area contributed by atoms with Crippen LogP contribution in [0.15, 0.2) is 24.3 Å². The maximum Gasteiger partial charge on any atom is 0.269 e. The minimum atomic E-state index is -0.413. The highest BCUT2D eigenvalue weighted by Crippen LogP contribution is 2.29. The Morgan fingerprint density at radius 1 is 1.15 bits per heavy atom. The van der Waals surface area contributed by atoms with Crippen molar-refractivity contribution in [1.29, 1.82) is 0 Å². The van der Waals surface area contributed by atoms with Crippen LogP contribution in [0.1, 0.15) is 49.4 Å². The van der Waals surface area contributed by atoms with Crippen molar-refractivity contribution in [2.45, 2.75) is 45.1 Å². The van der Waals surface area contributed by atoms with Crippen molar-refractivity contribution in [2.75, 3.05) is 13.2 Å². The Labute approximate surface area is 153 Å². The minimum absolute atomic E-state index is 0.0369. The molecule has 2 fully saturated rings. The first-order chi connectivity index (χ1) is 12.6. The van der Waals surface area contributed by atoms with Gasteiger partial charge < -0.3 is 9.64 Å². The van der Waals surface area contributed by atoms with Crippen LogP contribution in [0.2, 0.25) is 0 Å². The van der Waals surface area contributed by atoms with E-state index in [1.807, 2.05) is 11.8 Å². The molecule has 0 spiro atoms. The first-order valence-electron chi connectivity index (χ1n) is 9.21. The molecule has 3 rings (SSSR count). The molecule has 1 heterocycles. The van der Waals surface area contributed by atoms with Gasteiger partial charge in [0.25, 0.3) is 5.91 Å². The zero-order valence-electron chi connectivity index (χ0n) is 15.0. The van der Waals surface area contributed by atoms with Crippen molar-refractivity contribution in [3.05, 3.63) is 29.8 Å². The van der Waals surface area contributed by atoms with Gasteiger partial charge in [-0.3, -0.25) is 25.2 Å². The highest BCUT2D eigenvalue weighted by molar-refractivity contribution is 5.96. The molecular weight excluding hydrogens is 334 g/mol. The topological polar surface area (TPSA) is 87.7 Å².